The number of nitrogens with two attached hydrogens (primary N) is 1. The fourth-order valence-corrected chi connectivity index (χ4v) is 3.52. The van der Waals surface area contributed by atoms with Gasteiger partial charge < -0.3 is 10.7 Å². The molecule has 8 heteroatoms. The Morgan fingerprint density at radius 2 is 1.85 bits per heavy atom. The zero-order valence-corrected chi connectivity index (χ0v) is 15.9. The Labute approximate surface area is 161 Å². The maximum absolute atomic E-state index is 14.0. The highest BCUT2D eigenvalue weighted by molar-refractivity contribution is 8.00. The molecule has 0 saturated heterocycles. The minimum absolute atomic E-state index is 0.0656. The van der Waals surface area contributed by atoms with Gasteiger partial charge in [-0.3, -0.25) is 4.79 Å². The number of carbonyl (C=O) groups is 1. The molecule has 140 valence electrons. The van der Waals surface area contributed by atoms with Crippen LogP contribution in [-0.2, 0) is 4.79 Å². The van der Waals surface area contributed by atoms with Gasteiger partial charge in [0.2, 0.25) is 11.1 Å². The average Bonchev–Trinajstić information content (AvgIpc) is 3.04. The number of amides is 1. The lowest BCUT2D eigenvalue weighted by atomic mass is 10.2. The number of thioether (sulfide) groups is 1. The first-order valence-electron chi connectivity index (χ1n) is 8.51. The number of anilines is 1. The Balaban J connectivity index is 1.79. The maximum atomic E-state index is 14.0. The molecule has 1 aromatic heterocycles. The van der Waals surface area contributed by atoms with E-state index in [1.165, 1.54) is 22.5 Å². The highest BCUT2D eigenvalue weighted by atomic mass is 32.2. The third-order valence-electron chi connectivity index (χ3n) is 4.06. The molecule has 1 heterocycles. The maximum Gasteiger partial charge on any atom is 0.240 e. The second-order valence-electron chi connectivity index (χ2n) is 5.83. The van der Waals surface area contributed by atoms with Crippen LogP contribution in [-0.4, -0.2) is 32.6 Å². The lowest BCUT2D eigenvalue weighted by Crippen LogP contribution is -2.36. The van der Waals surface area contributed by atoms with E-state index in [4.69, 9.17) is 5.84 Å². The van der Waals surface area contributed by atoms with Crippen LogP contribution in [0.1, 0.15) is 13.8 Å². The number of benzene rings is 2. The number of para-hydroxylation sites is 1. The molecule has 0 spiro atoms. The summed E-state index contributed by atoms with van der Waals surface area (Å²) in [5, 5.41) is 7.92. The van der Waals surface area contributed by atoms with Crippen molar-refractivity contribution in [3.05, 3.63) is 60.4 Å². The molecular formula is C19H20FN5OS. The first kappa shape index (κ1) is 18.9. The molecule has 3 aromatic rings. The van der Waals surface area contributed by atoms with Crippen molar-refractivity contribution >= 4 is 23.4 Å². The van der Waals surface area contributed by atoms with Crippen LogP contribution >= 0.6 is 11.8 Å². The quantitative estimate of drug-likeness (QED) is 0.520. The normalized spacial score (nSPS) is 12.0. The van der Waals surface area contributed by atoms with Crippen LogP contribution in [0.15, 0.2) is 59.8 Å². The monoisotopic (exact) mass is 385 g/mol. The second-order valence-corrected chi connectivity index (χ2v) is 7.14. The molecule has 0 radical (unpaired) electrons. The Kier molecular flexibility index (Phi) is 5.75. The lowest BCUT2D eigenvalue weighted by Gasteiger charge is -2.24. The summed E-state index contributed by atoms with van der Waals surface area (Å²) >= 11 is 1.19. The van der Waals surface area contributed by atoms with Gasteiger partial charge in [-0.1, -0.05) is 42.1 Å². The van der Waals surface area contributed by atoms with E-state index in [1.54, 1.807) is 30.0 Å². The third kappa shape index (κ3) is 3.95. The van der Waals surface area contributed by atoms with Crippen LogP contribution in [0.4, 0.5) is 10.1 Å². The highest BCUT2D eigenvalue weighted by Gasteiger charge is 2.25. The molecule has 0 bridgehead atoms. The molecule has 1 amide bonds. The molecule has 2 N–H and O–H groups in total. The van der Waals surface area contributed by atoms with Crippen molar-refractivity contribution in [2.45, 2.75) is 24.3 Å². The number of rotatable bonds is 6. The van der Waals surface area contributed by atoms with Gasteiger partial charge in [0.25, 0.3) is 0 Å². The molecule has 27 heavy (non-hydrogen) atoms. The van der Waals surface area contributed by atoms with Crippen molar-refractivity contribution in [2.24, 2.45) is 0 Å². The molecule has 0 aliphatic rings. The summed E-state index contributed by atoms with van der Waals surface area (Å²) in [6.07, 6.45) is 0. The lowest BCUT2D eigenvalue weighted by molar-refractivity contribution is -0.117. The molecule has 2 aromatic carbocycles. The van der Waals surface area contributed by atoms with Crippen LogP contribution in [0.5, 0.6) is 0 Å². The average molecular weight is 385 g/mol. The standard InChI is InChI=1S/C19H20FN5OS/c1-3-24(14-9-5-4-6-10-14)18(26)13(2)27-19-23-22-17(25(19)21)15-11-7-8-12-16(15)20/h4-13H,3,21H2,1-2H3. The summed E-state index contributed by atoms with van der Waals surface area (Å²) in [6, 6.07) is 15.7. The van der Waals surface area contributed by atoms with Gasteiger partial charge in [-0.2, -0.15) is 0 Å². The van der Waals surface area contributed by atoms with E-state index < -0.39 is 11.1 Å². The van der Waals surface area contributed by atoms with Gasteiger partial charge in [-0.05, 0) is 38.1 Å². The van der Waals surface area contributed by atoms with Gasteiger partial charge in [0, 0.05) is 12.2 Å². The SMILES string of the molecule is CCN(C(=O)C(C)Sc1nnc(-c2ccccc2F)n1N)c1ccccc1. The summed E-state index contributed by atoms with van der Waals surface area (Å²) in [5.74, 6) is 5.77. The van der Waals surface area contributed by atoms with E-state index in [2.05, 4.69) is 10.2 Å². The van der Waals surface area contributed by atoms with Crippen molar-refractivity contribution < 1.29 is 9.18 Å². The zero-order valence-electron chi connectivity index (χ0n) is 15.0. The van der Waals surface area contributed by atoms with Crippen LogP contribution in [0.25, 0.3) is 11.4 Å². The molecule has 1 atom stereocenters. The van der Waals surface area contributed by atoms with E-state index in [0.29, 0.717) is 11.7 Å². The van der Waals surface area contributed by atoms with Gasteiger partial charge in [0.05, 0.1) is 10.8 Å². The van der Waals surface area contributed by atoms with E-state index in [0.717, 1.165) is 5.69 Å². The Bertz CT molecular complexity index is 931. The molecule has 0 aliphatic carbocycles. The fraction of sp³-hybridized carbons (Fsp3) is 0.211. The molecule has 0 saturated carbocycles. The van der Waals surface area contributed by atoms with Crippen LogP contribution in [0.3, 0.4) is 0 Å². The topological polar surface area (TPSA) is 77.0 Å². The largest absolute Gasteiger partial charge is 0.335 e. The molecule has 3 rings (SSSR count). The highest BCUT2D eigenvalue weighted by Crippen LogP contribution is 2.27. The third-order valence-corrected chi connectivity index (χ3v) is 5.10. The Morgan fingerprint density at radius 1 is 1.19 bits per heavy atom. The number of carbonyl (C=O) groups excluding carboxylic acids is 1. The molecule has 0 aliphatic heterocycles. The van der Waals surface area contributed by atoms with Crippen LogP contribution in [0, 0.1) is 5.82 Å². The van der Waals surface area contributed by atoms with Gasteiger partial charge in [0.1, 0.15) is 5.82 Å². The minimum Gasteiger partial charge on any atom is -0.335 e. The molecule has 0 fully saturated rings. The number of hydrogen-bond donors (Lipinski definition) is 1. The number of nitrogens with zero attached hydrogens (tertiary/aromatic N) is 4. The summed E-state index contributed by atoms with van der Waals surface area (Å²) in [4.78, 5) is 14.6. The van der Waals surface area contributed by atoms with E-state index >= 15 is 0 Å². The predicted octanol–water partition coefficient (Wildman–Crippen LogP) is 3.33. The second kappa shape index (κ2) is 8.22. The summed E-state index contributed by atoms with van der Waals surface area (Å²) in [7, 11) is 0. The van der Waals surface area contributed by atoms with Gasteiger partial charge in [-0.15, -0.1) is 10.2 Å². The first-order valence-corrected chi connectivity index (χ1v) is 9.39. The minimum atomic E-state index is -0.440. The number of halogens is 1. The van der Waals surface area contributed by atoms with Crippen molar-refractivity contribution in [1.29, 1.82) is 0 Å². The van der Waals surface area contributed by atoms with Gasteiger partial charge >= 0.3 is 0 Å². The molecular weight excluding hydrogens is 365 g/mol. The van der Waals surface area contributed by atoms with E-state index in [1.807, 2.05) is 37.3 Å². The number of nitrogen functional groups attached to an aromatic ring is 1. The van der Waals surface area contributed by atoms with Crippen LogP contribution < -0.4 is 10.7 Å². The Hall–Kier alpha value is -2.87. The van der Waals surface area contributed by atoms with Crippen molar-refractivity contribution in [1.82, 2.24) is 14.9 Å². The van der Waals surface area contributed by atoms with Crippen LogP contribution in [0.2, 0.25) is 0 Å². The summed E-state index contributed by atoms with van der Waals surface area (Å²) < 4.78 is 15.2. The molecule has 1 unspecified atom stereocenters. The smallest absolute Gasteiger partial charge is 0.240 e. The Morgan fingerprint density at radius 3 is 2.52 bits per heavy atom. The molecule has 6 nitrogen and oxygen atoms in total. The van der Waals surface area contributed by atoms with Gasteiger partial charge in [-0.25, -0.2) is 9.07 Å². The zero-order chi connectivity index (χ0) is 19.4. The first-order chi connectivity index (χ1) is 13.0. The van der Waals surface area contributed by atoms with Crippen molar-refractivity contribution in [3.63, 3.8) is 0 Å². The van der Waals surface area contributed by atoms with E-state index in [9.17, 15) is 9.18 Å². The number of hydrogen-bond acceptors (Lipinski definition) is 5. The summed E-state index contributed by atoms with van der Waals surface area (Å²) in [5.41, 5.74) is 1.09. The summed E-state index contributed by atoms with van der Waals surface area (Å²) in [6.45, 7) is 4.25. The van der Waals surface area contributed by atoms with Gasteiger partial charge in [0.15, 0.2) is 5.82 Å². The van der Waals surface area contributed by atoms with E-state index in [-0.39, 0.29) is 17.3 Å². The van der Waals surface area contributed by atoms with Crippen molar-refractivity contribution in [2.75, 3.05) is 17.3 Å². The van der Waals surface area contributed by atoms with Crippen molar-refractivity contribution in [3.8, 4) is 11.4 Å². The fourth-order valence-electron chi connectivity index (χ4n) is 2.69. The predicted molar refractivity (Wildman–Crippen MR) is 105 cm³/mol. The number of aromatic nitrogens is 3.